The summed E-state index contributed by atoms with van der Waals surface area (Å²) in [6.07, 6.45) is 2.32. The molecule has 4 nitrogen and oxygen atoms in total. The minimum atomic E-state index is -1.29. The first kappa shape index (κ1) is 16.6. The van der Waals surface area contributed by atoms with Gasteiger partial charge in [0.2, 0.25) is 5.91 Å². The van der Waals surface area contributed by atoms with Crippen molar-refractivity contribution in [3.8, 4) is 0 Å². The molecule has 1 aromatic rings. The number of hydrogen-bond donors (Lipinski definition) is 1. The zero-order valence-corrected chi connectivity index (χ0v) is 12.9. The number of carboxylic acid groups (broad SMARTS) is 1. The molecular weight excluding hydrogens is 274 g/mol. The first-order chi connectivity index (χ1) is 9.50. The highest BCUT2D eigenvalue weighted by Gasteiger charge is 2.46. The zero-order valence-electron chi connectivity index (χ0n) is 12.1. The van der Waals surface area contributed by atoms with Crippen LogP contribution in [0.3, 0.4) is 0 Å². The van der Waals surface area contributed by atoms with E-state index < -0.39 is 11.5 Å². The maximum absolute atomic E-state index is 12.0. The van der Waals surface area contributed by atoms with E-state index in [0.29, 0.717) is 24.3 Å². The summed E-state index contributed by atoms with van der Waals surface area (Å²) in [5.74, 6) is -0.528. The van der Waals surface area contributed by atoms with Crippen LogP contribution in [0.1, 0.15) is 25.8 Å². The number of hydrogen-bond acceptors (Lipinski definition) is 3. The third-order valence-electron chi connectivity index (χ3n) is 3.43. The second-order valence-corrected chi connectivity index (χ2v) is 5.52. The molecule has 0 aliphatic carbocycles. The van der Waals surface area contributed by atoms with Crippen molar-refractivity contribution in [2.45, 2.75) is 25.8 Å². The molecule has 5 heteroatoms. The number of thioether (sulfide) groups is 1. The molecule has 0 aliphatic heterocycles. The van der Waals surface area contributed by atoms with E-state index in [2.05, 4.69) is 0 Å². The van der Waals surface area contributed by atoms with Crippen LogP contribution in [-0.4, -0.2) is 40.4 Å². The zero-order chi connectivity index (χ0) is 15.2. The van der Waals surface area contributed by atoms with Crippen molar-refractivity contribution in [3.05, 3.63) is 35.9 Å². The molecule has 0 spiro atoms. The Morgan fingerprint density at radius 1 is 1.30 bits per heavy atom. The molecule has 0 saturated heterocycles. The monoisotopic (exact) mass is 295 g/mol. The number of carbonyl (C=O) groups is 2. The molecule has 0 saturated carbocycles. The average Bonchev–Trinajstić information content (AvgIpc) is 2.43. The fraction of sp³-hybridized carbons (Fsp3) is 0.467. The lowest BCUT2D eigenvalue weighted by molar-refractivity contribution is -0.159. The van der Waals surface area contributed by atoms with Gasteiger partial charge in [-0.15, -0.1) is 0 Å². The lowest BCUT2D eigenvalue weighted by Crippen LogP contribution is -2.54. The van der Waals surface area contributed by atoms with Crippen molar-refractivity contribution in [2.24, 2.45) is 0 Å². The Hall–Kier alpha value is -1.49. The van der Waals surface area contributed by atoms with Gasteiger partial charge >= 0.3 is 5.97 Å². The normalized spacial score (nSPS) is 13.6. The van der Waals surface area contributed by atoms with Crippen LogP contribution in [0.5, 0.6) is 0 Å². The second kappa shape index (κ2) is 7.33. The first-order valence-electron chi connectivity index (χ1n) is 6.56. The molecule has 0 aromatic heterocycles. The van der Waals surface area contributed by atoms with Crippen molar-refractivity contribution >= 4 is 23.6 Å². The number of carbonyl (C=O) groups excluding carboxylic acids is 1. The van der Waals surface area contributed by atoms with Crippen LogP contribution in [0.2, 0.25) is 0 Å². The SMILES string of the molecule is CCN(C(C)=O)[C@@](CCSC)(C(=O)O)c1ccccc1. The molecule has 1 atom stereocenters. The summed E-state index contributed by atoms with van der Waals surface area (Å²) >= 11 is 1.58. The highest BCUT2D eigenvalue weighted by Crippen LogP contribution is 2.34. The molecule has 0 radical (unpaired) electrons. The van der Waals surface area contributed by atoms with E-state index in [1.54, 1.807) is 43.0 Å². The maximum Gasteiger partial charge on any atom is 0.334 e. The average molecular weight is 295 g/mol. The van der Waals surface area contributed by atoms with Gasteiger partial charge in [0.05, 0.1) is 0 Å². The van der Waals surface area contributed by atoms with Crippen LogP contribution in [0.15, 0.2) is 30.3 Å². The van der Waals surface area contributed by atoms with E-state index in [9.17, 15) is 14.7 Å². The van der Waals surface area contributed by atoms with Gasteiger partial charge in [0.15, 0.2) is 5.54 Å². The van der Waals surface area contributed by atoms with Gasteiger partial charge in [0.25, 0.3) is 0 Å². The van der Waals surface area contributed by atoms with Gasteiger partial charge in [0.1, 0.15) is 0 Å². The smallest absolute Gasteiger partial charge is 0.334 e. The van der Waals surface area contributed by atoms with E-state index in [4.69, 9.17) is 0 Å². The quantitative estimate of drug-likeness (QED) is 0.840. The standard InChI is InChI=1S/C15H21NO3S/c1-4-16(12(2)17)15(14(18)19,10-11-20-3)13-8-6-5-7-9-13/h5-9H,4,10-11H2,1-3H3,(H,18,19)/t15-/m1/s1. The Morgan fingerprint density at radius 2 is 1.90 bits per heavy atom. The topological polar surface area (TPSA) is 57.6 Å². The van der Waals surface area contributed by atoms with E-state index in [1.165, 1.54) is 11.8 Å². The summed E-state index contributed by atoms with van der Waals surface area (Å²) in [7, 11) is 0. The molecule has 20 heavy (non-hydrogen) atoms. The Labute approximate surface area is 124 Å². The summed E-state index contributed by atoms with van der Waals surface area (Å²) in [6, 6.07) is 9.01. The number of likely N-dealkylation sites (N-methyl/N-ethyl adjacent to an activating group) is 1. The number of carboxylic acids is 1. The Bertz CT molecular complexity index is 463. The van der Waals surface area contributed by atoms with Crippen LogP contribution in [-0.2, 0) is 15.1 Å². The summed E-state index contributed by atoms with van der Waals surface area (Å²) in [4.78, 5) is 25.4. The summed E-state index contributed by atoms with van der Waals surface area (Å²) < 4.78 is 0. The van der Waals surface area contributed by atoms with E-state index in [0.717, 1.165) is 0 Å². The summed E-state index contributed by atoms with van der Waals surface area (Å²) in [6.45, 7) is 3.59. The predicted molar refractivity (Wildman–Crippen MR) is 81.8 cm³/mol. The lowest BCUT2D eigenvalue weighted by Gasteiger charge is -2.40. The molecule has 1 aromatic carbocycles. The molecule has 0 unspecified atom stereocenters. The highest BCUT2D eigenvalue weighted by atomic mass is 32.2. The summed E-state index contributed by atoms with van der Waals surface area (Å²) in [5, 5.41) is 9.85. The van der Waals surface area contributed by atoms with Crippen LogP contribution >= 0.6 is 11.8 Å². The maximum atomic E-state index is 12.0. The van der Waals surface area contributed by atoms with Gasteiger partial charge in [-0.2, -0.15) is 11.8 Å². The minimum Gasteiger partial charge on any atom is -0.479 e. The largest absolute Gasteiger partial charge is 0.479 e. The molecule has 0 aliphatic rings. The fourth-order valence-electron chi connectivity index (χ4n) is 2.51. The van der Waals surface area contributed by atoms with E-state index >= 15 is 0 Å². The van der Waals surface area contributed by atoms with Crippen molar-refractivity contribution in [1.82, 2.24) is 4.90 Å². The van der Waals surface area contributed by atoms with Crippen LogP contribution < -0.4 is 0 Å². The molecule has 0 fully saturated rings. The number of rotatable bonds is 7. The molecule has 1 rings (SSSR count). The van der Waals surface area contributed by atoms with E-state index in [1.807, 2.05) is 12.3 Å². The molecule has 0 heterocycles. The number of nitrogens with zero attached hydrogens (tertiary/aromatic N) is 1. The number of aliphatic carboxylic acids is 1. The first-order valence-corrected chi connectivity index (χ1v) is 7.96. The van der Waals surface area contributed by atoms with Gasteiger partial charge in [-0.3, -0.25) is 4.79 Å². The fourth-order valence-corrected chi connectivity index (χ4v) is 3.01. The van der Waals surface area contributed by atoms with Gasteiger partial charge in [-0.25, -0.2) is 4.79 Å². The van der Waals surface area contributed by atoms with Gasteiger partial charge in [-0.1, -0.05) is 30.3 Å². The predicted octanol–water partition coefficient (Wildman–Crippen LogP) is 2.59. The van der Waals surface area contributed by atoms with Crippen LogP contribution in [0.4, 0.5) is 0 Å². The number of benzene rings is 1. The Kier molecular flexibility index (Phi) is 6.07. The third-order valence-corrected chi connectivity index (χ3v) is 4.04. The Morgan fingerprint density at radius 3 is 2.30 bits per heavy atom. The molecule has 1 amide bonds. The Balaban J connectivity index is 3.42. The highest BCUT2D eigenvalue weighted by molar-refractivity contribution is 7.98. The molecule has 1 N–H and O–H groups in total. The van der Waals surface area contributed by atoms with E-state index in [-0.39, 0.29) is 5.91 Å². The minimum absolute atomic E-state index is 0.222. The summed E-state index contributed by atoms with van der Waals surface area (Å²) in [5.41, 5.74) is -0.635. The number of amides is 1. The van der Waals surface area contributed by atoms with Crippen molar-refractivity contribution in [3.63, 3.8) is 0 Å². The van der Waals surface area contributed by atoms with Crippen molar-refractivity contribution < 1.29 is 14.7 Å². The second-order valence-electron chi connectivity index (χ2n) is 4.54. The lowest BCUT2D eigenvalue weighted by atomic mass is 9.85. The van der Waals surface area contributed by atoms with Gasteiger partial charge in [0, 0.05) is 13.5 Å². The molecule has 110 valence electrons. The third kappa shape index (κ3) is 3.15. The molecular formula is C15H21NO3S. The van der Waals surface area contributed by atoms with Gasteiger partial charge < -0.3 is 10.0 Å². The van der Waals surface area contributed by atoms with Crippen molar-refractivity contribution in [2.75, 3.05) is 18.6 Å². The van der Waals surface area contributed by atoms with Crippen LogP contribution in [0, 0.1) is 0 Å². The van der Waals surface area contributed by atoms with Gasteiger partial charge in [-0.05, 0) is 30.9 Å². The molecule has 0 bridgehead atoms. The van der Waals surface area contributed by atoms with Crippen LogP contribution in [0.25, 0.3) is 0 Å². The van der Waals surface area contributed by atoms with Crippen molar-refractivity contribution in [1.29, 1.82) is 0 Å².